The smallest absolute Gasteiger partial charge is 0.212 e. The third-order valence-corrected chi connectivity index (χ3v) is 4.74. The summed E-state index contributed by atoms with van der Waals surface area (Å²) in [5, 5.41) is 0. The van der Waals surface area contributed by atoms with E-state index in [1.54, 1.807) is 0 Å². The first kappa shape index (κ1) is 13.5. The van der Waals surface area contributed by atoms with Crippen LogP contribution in [0.2, 0.25) is 0 Å². The molecule has 0 saturated carbocycles. The molecule has 0 aromatic heterocycles. The van der Waals surface area contributed by atoms with Crippen molar-refractivity contribution in [3.05, 3.63) is 35.4 Å². The summed E-state index contributed by atoms with van der Waals surface area (Å²) in [6.45, 7) is 1.48. The highest BCUT2D eigenvalue weighted by Crippen LogP contribution is 2.18. The van der Waals surface area contributed by atoms with E-state index in [1.165, 1.54) is 13.0 Å². The van der Waals surface area contributed by atoms with Gasteiger partial charge in [-0.3, -0.25) is 0 Å². The number of hydrogen-bond donors (Lipinski definition) is 1. The fourth-order valence-corrected chi connectivity index (χ4v) is 2.34. The molecule has 3 nitrogen and oxygen atoms in total. The molecule has 0 spiro atoms. The minimum Gasteiger partial charge on any atom is -0.212 e. The molecule has 1 atom stereocenters. The second-order valence-electron chi connectivity index (χ2n) is 3.23. The Morgan fingerprint density at radius 3 is 2.56 bits per heavy atom. The van der Waals surface area contributed by atoms with Gasteiger partial charge >= 0.3 is 0 Å². The maximum atomic E-state index is 13.3. The first-order valence-corrected chi connectivity index (χ1v) is 7.14. The van der Waals surface area contributed by atoms with Crippen molar-refractivity contribution in [2.24, 2.45) is 0 Å². The predicted octanol–water partition coefficient (Wildman–Crippen LogP) is 2.30. The van der Waals surface area contributed by atoms with Gasteiger partial charge < -0.3 is 0 Å². The SMILES string of the molecule is CC(NS(=O)(=O)CBr)c1ccc(F)cc1F. The summed E-state index contributed by atoms with van der Waals surface area (Å²) in [6, 6.07) is 2.26. The highest BCUT2D eigenvalue weighted by Gasteiger charge is 2.17. The molecule has 1 rings (SSSR count). The van der Waals surface area contributed by atoms with Crippen LogP contribution in [0.5, 0.6) is 0 Å². The van der Waals surface area contributed by atoms with Gasteiger partial charge in [-0.05, 0) is 13.0 Å². The molecule has 0 aliphatic carbocycles. The zero-order valence-corrected chi connectivity index (χ0v) is 10.8. The molecular formula is C9H10BrF2NO2S. The summed E-state index contributed by atoms with van der Waals surface area (Å²) in [6.07, 6.45) is 0. The summed E-state index contributed by atoms with van der Waals surface area (Å²) in [7, 11) is -3.49. The maximum Gasteiger partial charge on any atom is 0.222 e. The van der Waals surface area contributed by atoms with Gasteiger partial charge in [-0.25, -0.2) is 21.9 Å². The number of sulfonamides is 1. The van der Waals surface area contributed by atoms with Crippen LogP contribution in [0.15, 0.2) is 18.2 Å². The van der Waals surface area contributed by atoms with Gasteiger partial charge in [-0.1, -0.05) is 22.0 Å². The van der Waals surface area contributed by atoms with Gasteiger partial charge in [-0.2, -0.15) is 0 Å². The van der Waals surface area contributed by atoms with Crippen LogP contribution in [-0.4, -0.2) is 13.1 Å². The molecule has 16 heavy (non-hydrogen) atoms. The minimum atomic E-state index is -3.49. The van der Waals surface area contributed by atoms with Gasteiger partial charge in [0.15, 0.2) is 0 Å². The summed E-state index contributed by atoms with van der Waals surface area (Å²) < 4.78 is 50.3. The van der Waals surface area contributed by atoms with E-state index in [0.717, 1.165) is 6.07 Å². The number of nitrogens with one attached hydrogen (secondary N) is 1. The van der Waals surface area contributed by atoms with Crippen LogP contribution in [0.3, 0.4) is 0 Å². The van der Waals surface area contributed by atoms with Gasteiger partial charge in [0.1, 0.15) is 16.3 Å². The van der Waals surface area contributed by atoms with Gasteiger partial charge in [0.25, 0.3) is 0 Å². The summed E-state index contributed by atoms with van der Waals surface area (Å²) in [5.41, 5.74) is 0.103. The van der Waals surface area contributed by atoms with Gasteiger partial charge in [0, 0.05) is 17.7 Å². The predicted molar refractivity (Wildman–Crippen MR) is 60.6 cm³/mol. The van der Waals surface area contributed by atoms with Crippen molar-refractivity contribution in [2.45, 2.75) is 13.0 Å². The van der Waals surface area contributed by atoms with E-state index in [0.29, 0.717) is 6.07 Å². The summed E-state index contributed by atoms with van der Waals surface area (Å²) in [4.78, 5) is 0. The van der Waals surface area contributed by atoms with Crippen molar-refractivity contribution >= 4 is 26.0 Å². The van der Waals surface area contributed by atoms with E-state index >= 15 is 0 Å². The number of benzene rings is 1. The minimum absolute atomic E-state index is 0.103. The first-order chi connectivity index (χ1) is 7.35. The van der Waals surface area contributed by atoms with E-state index in [-0.39, 0.29) is 10.2 Å². The molecule has 90 valence electrons. The van der Waals surface area contributed by atoms with Gasteiger partial charge in [0.2, 0.25) is 10.0 Å². The Bertz CT molecular complexity index is 478. The van der Waals surface area contributed by atoms with Gasteiger partial charge in [0.05, 0.1) is 0 Å². The lowest BCUT2D eigenvalue weighted by Crippen LogP contribution is -2.28. The Balaban J connectivity index is 2.93. The third kappa shape index (κ3) is 3.50. The summed E-state index contributed by atoms with van der Waals surface area (Å²) in [5.74, 6) is -1.47. The lowest BCUT2D eigenvalue weighted by atomic mass is 10.1. The Hall–Kier alpha value is -0.530. The Morgan fingerprint density at radius 1 is 1.44 bits per heavy atom. The quantitative estimate of drug-likeness (QED) is 0.867. The summed E-state index contributed by atoms with van der Waals surface area (Å²) >= 11 is 2.80. The Labute approximate surface area is 101 Å². The van der Waals surface area contributed by atoms with Crippen LogP contribution in [0.4, 0.5) is 8.78 Å². The van der Waals surface area contributed by atoms with Crippen molar-refractivity contribution in [2.75, 3.05) is 4.66 Å². The zero-order valence-electron chi connectivity index (χ0n) is 8.38. The molecule has 1 unspecified atom stereocenters. The molecule has 7 heteroatoms. The topological polar surface area (TPSA) is 46.2 Å². The molecule has 0 aliphatic heterocycles. The van der Waals surface area contributed by atoms with Crippen molar-refractivity contribution in [3.8, 4) is 0 Å². The number of hydrogen-bond acceptors (Lipinski definition) is 2. The van der Waals surface area contributed by atoms with Crippen molar-refractivity contribution < 1.29 is 17.2 Å². The molecule has 1 aromatic carbocycles. The molecule has 0 amide bonds. The number of halogens is 3. The molecule has 0 heterocycles. The maximum absolute atomic E-state index is 13.3. The average molecular weight is 314 g/mol. The van der Waals surface area contributed by atoms with Crippen LogP contribution in [0.1, 0.15) is 18.5 Å². The van der Waals surface area contributed by atoms with Crippen LogP contribution in [0.25, 0.3) is 0 Å². The molecular weight excluding hydrogens is 304 g/mol. The van der Waals surface area contributed by atoms with Crippen LogP contribution < -0.4 is 4.72 Å². The second-order valence-corrected chi connectivity index (χ2v) is 6.29. The van der Waals surface area contributed by atoms with Crippen LogP contribution >= 0.6 is 15.9 Å². The normalized spacial score (nSPS) is 13.8. The molecule has 1 aromatic rings. The van der Waals surface area contributed by atoms with Crippen LogP contribution in [0, 0.1) is 11.6 Å². The first-order valence-electron chi connectivity index (χ1n) is 4.36. The molecule has 0 radical (unpaired) electrons. The van der Waals surface area contributed by atoms with Crippen LogP contribution in [-0.2, 0) is 10.0 Å². The lowest BCUT2D eigenvalue weighted by Gasteiger charge is -2.14. The third-order valence-electron chi connectivity index (χ3n) is 1.93. The van der Waals surface area contributed by atoms with E-state index in [9.17, 15) is 17.2 Å². The van der Waals surface area contributed by atoms with Gasteiger partial charge in [-0.15, -0.1) is 0 Å². The van der Waals surface area contributed by atoms with E-state index in [1.807, 2.05) is 0 Å². The zero-order chi connectivity index (χ0) is 12.3. The monoisotopic (exact) mass is 313 g/mol. The Morgan fingerprint density at radius 2 is 2.06 bits per heavy atom. The second kappa shape index (κ2) is 5.20. The van der Waals surface area contributed by atoms with Crippen molar-refractivity contribution in [1.29, 1.82) is 0 Å². The number of rotatable bonds is 4. The van der Waals surface area contributed by atoms with E-state index in [4.69, 9.17) is 0 Å². The Kier molecular flexibility index (Phi) is 4.40. The fourth-order valence-electron chi connectivity index (χ4n) is 1.22. The molecule has 0 saturated heterocycles. The van der Waals surface area contributed by atoms with Crippen molar-refractivity contribution in [1.82, 2.24) is 4.72 Å². The van der Waals surface area contributed by atoms with E-state index < -0.39 is 27.7 Å². The molecule has 0 aliphatic rings. The molecule has 0 fully saturated rings. The average Bonchev–Trinajstić information content (AvgIpc) is 2.16. The standard InChI is InChI=1S/C9H10BrF2NO2S/c1-6(13-16(14,15)5-10)8-3-2-7(11)4-9(8)12/h2-4,6,13H,5H2,1H3. The largest absolute Gasteiger partial charge is 0.222 e. The fraction of sp³-hybridized carbons (Fsp3) is 0.333. The van der Waals surface area contributed by atoms with E-state index in [2.05, 4.69) is 20.7 Å². The number of alkyl halides is 1. The lowest BCUT2D eigenvalue weighted by molar-refractivity contribution is 0.542. The highest BCUT2D eigenvalue weighted by molar-refractivity contribution is 9.10. The molecule has 0 bridgehead atoms. The van der Waals surface area contributed by atoms with Crippen molar-refractivity contribution in [3.63, 3.8) is 0 Å². The highest BCUT2D eigenvalue weighted by atomic mass is 79.9. The molecule has 1 N–H and O–H groups in total.